The number of nitrogens with zero attached hydrogens (tertiary/aromatic N) is 1. The van der Waals surface area contributed by atoms with Crippen LogP contribution in [-0.2, 0) is 0 Å². The van der Waals surface area contributed by atoms with Crippen LogP contribution >= 0.6 is 11.6 Å². The Bertz CT molecular complexity index is 484. The second-order valence-corrected chi connectivity index (χ2v) is 6.25. The summed E-state index contributed by atoms with van der Waals surface area (Å²) in [5.74, 6) is 0.280. The summed E-state index contributed by atoms with van der Waals surface area (Å²) in [6, 6.07) is 1.67. The van der Waals surface area contributed by atoms with Gasteiger partial charge in [0.1, 0.15) is 5.15 Å². The van der Waals surface area contributed by atoms with Gasteiger partial charge in [0.05, 0.1) is 5.56 Å². The average Bonchev–Trinajstić information content (AvgIpc) is 3.20. The number of hydrogen-bond acceptors (Lipinski definition) is 4. The van der Waals surface area contributed by atoms with Gasteiger partial charge >= 0.3 is 0 Å². The van der Waals surface area contributed by atoms with Crippen molar-refractivity contribution in [3.63, 3.8) is 0 Å². The van der Waals surface area contributed by atoms with Crippen molar-refractivity contribution in [1.29, 1.82) is 0 Å². The molecule has 0 spiro atoms. The zero-order valence-corrected chi connectivity index (χ0v) is 12.0. The summed E-state index contributed by atoms with van der Waals surface area (Å²) < 4.78 is 0. The number of Topliss-reactive ketones (excluding diaryl/α,β-unsaturated/α-hetero) is 1. The number of anilines is 1. The first-order chi connectivity index (χ1) is 8.93. The van der Waals surface area contributed by atoms with Crippen LogP contribution in [0, 0.1) is 11.3 Å². The Morgan fingerprint density at radius 3 is 2.84 bits per heavy atom. The van der Waals surface area contributed by atoms with Gasteiger partial charge in [-0.05, 0) is 18.9 Å². The van der Waals surface area contributed by atoms with Crippen molar-refractivity contribution in [1.82, 2.24) is 4.98 Å². The number of aliphatic hydroxyl groups excluding tert-OH is 1. The normalized spacial score (nSPS) is 15.4. The SMILES string of the molecule is CC(C)(CO)CNc1cc(Cl)ncc1C(=O)C1CC1. The van der Waals surface area contributed by atoms with Gasteiger partial charge in [-0.3, -0.25) is 4.79 Å². The lowest BCUT2D eigenvalue weighted by Gasteiger charge is -2.23. The Morgan fingerprint density at radius 1 is 1.58 bits per heavy atom. The highest BCUT2D eigenvalue weighted by molar-refractivity contribution is 6.29. The standard InChI is InChI=1S/C14H19ClN2O2/c1-14(2,8-18)7-17-11-5-12(15)16-6-10(11)13(19)9-3-4-9/h5-6,9,18H,3-4,7-8H2,1-2H3,(H,16,17). The molecular weight excluding hydrogens is 264 g/mol. The predicted octanol–water partition coefficient (Wildman–Crippen LogP) is 2.76. The summed E-state index contributed by atoms with van der Waals surface area (Å²) in [4.78, 5) is 16.2. The van der Waals surface area contributed by atoms with E-state index in [4.69, 9.17) is 11.6 Å². The first-order valence-electron chi connectivity index (χ1n) is 6.47. The van der Waals surface area contributed by atoms with E-state index in [0.717, 1.165) is 12.8 Å². The number of pyridine rings is 1. The van der Waals surface area contributed by atoms with Gasteiger partial charge in [-0.1, -0.05) is 25.4 Å². The Balaban J connectivity index is 2.17. The molecule has 0 atom stereocenters. The highest BCUT2D eigenvalue weighted by Crippen LogP contribution is 2.35. The van der Waals surface area contributed by atoms with Gasteiger partial charge in [0.15, 0.2) is 5.78 Å². The minimum absolute atomic E-state index is 0.0741. The molecule has 19 heavy (non-hydrogen) atoms. The van der Waals surface area contributed by atoms with Crippen molar-refractivity contribution in [3.8, 4) is 0 Å². The van der Waals surface area contributed by atoms with Gasteiger partial charge in [0.25, 0.3) is 0 Å². The van der Waals surface area contributed by atoms with Gasteiger partial charge in [0, 0.05) is 36.4 Å². The summed E-state index contributed by atoms with van der Waals surface area (Å²) >= 11 is 5.89. The number of ketones is 1. The minimum atomic E-state index is -0.254. The van der Waals surface area contributed by atoms with E-state index in [-0.39, 0.29) is 23.7 Å². The molecule has 0 radical (unpaired) electrons. The van der Waals surface area contributed by atoms with E-state index in [2.05, 4.69) is 10.3 Å². The molecule has 1 heterocycles. The monoisotopic (exact) mass is 282 g/mol. The van der Waals surface area contributed by atoms with E-state index in [1.807, 2.05) is 13.8 Å². The van der Waals surface area contributed by atoms with Crippen molar-refractivity contribution in [2.24, 2.45) is 11.3 Å². The van der Waals surface area contributed by atoms with Crippen molar-refractivity contribution in [2.45, 2.75) is 26.7 Å². The number of hydrogen-bond donors (Lipinski definition) is 2. The molecule has 0 saturated heterocycles. The molecule has 1 aromatic rings. The fraction of sp³-hybridized carbons (Fsp3) is 0.571. The molecule has 0 amide bonds. The van der Waals surface area contributed by atoms with Crippen molar-refractivity contribution < 1.29 is 9.90 Å². The molecule has 0 aliphatic heterocycles. The van der Waals surface area contributed by atoms with E-state index in [1.165, 1.54) is 6.20 Å². The van der Waals surface area contributed by atoms with Crippen LogP contribution in [0.5, 0.6) is 0 Å². The first-order valence-corrected chi connectivity index (χ1v) is 6.85. The topological polar surface area (TPSA) is 62.2 Å². The molecule has 0 aromatic carbocycles. The molecule has 1 aliphatic carbocycles. The van der Waals surface area contributed by atoms with Crippen molar-refractivity contribution in [3.05, 3.63) is 23.0 Å². The van der Waals surface area contributed by atoms with Crippen LogP contribution < -0.4 is 5.32 Å². The Kier molecular flexibility index (Phi) is 4.11. The zero-order valence-electron chi connectivity index (χ0n) is 11.2. The van der Waals surface area contributed by atoms with Gasteiger partial charge in [0.2, 0.25) is 0 Å². The van der Waals surface area contributed by atoms with Crippen LogP contribution in [0.15, 0.2) is 12.3 Å². The number of halogens is 1. The average molecular weight is 283 g/mol. The molecular formula is C14H19ClN2O2. The molecule has 5 heteroatoms. The lowest BCUT2D eigenvalue weighted by atomic mass is 9.94. The van der Waals surface area contributed by atoms with Crippen LogP contribution in [-0.4, -0.2) is 29.0 Å². The number of aromatic nitrogens is 1. The third-order valence-corrected chi connectivity index (χ3v) is 3.48. The van der Waals surface area contributed by atoms with E-state index in [0.29, 0.717) is 22.9 Å². The second-order valence-electron chi connectivity index (χ2n) is 5.87. The van der Waals surface area contributed by atoms with Gasteiger partial charge in [-0.25, -0.2) is 4.98 Å². The molecule has 4 nitrogen and oxygen atoms in total. The molecule has 1 aromatic heterocycles. The fourth-order valence-corrected chi connectivity index (χ4v) is 1.89. The Hall–Kier alpha value is -1.13. The summed E-state index contributed by atoms with van der Waals surface area (Å²) in [7, 11) is 0. The summed E-state index contributed by atoms with van der Waals surface area (Å²) in [5.41, 5.74) is 1.05. The summed E-state index contributed by atoms with van der Waals surface area (Å²) in [6.07, 6.45) is 3.46. The molecule has 2 rings (SSSR count). The Morgan fingerprint density at radius 2 is 2.26 bits per heavy atom. The summed E-state index contributed by atoms with van der Waals surface area (Å²) in [6.45, 7) is 4.54. The predicted molar refractivity (Wildman–Crippen MR) is 75.7 cm³/mol. The fourth-order valence-electron chi connectivity index (χ4n) is 1.73. The lowest BCUT2D eigenvalue weighted by molar-refractivity contribution is 0.0968. The molecule has 104 valence electrons. The third-order valence-electron chi connectivity index (χ3n) is 3.27. The van der Waals surface area contributed by atoms with Crippen LogP contribution in [0.4, 0.5) is 5.69 Å². The quantitative estimate of drug-likeness (QED) is 0.622. The van der Waals surface area contributed by atoms with E-state index >= 15 is 0 Å². The van der Waals surface area contributed by atoms with Gasteiger partial charge in [-0.2, -0.15) is 0 Å². The highest BCUT2D eigenvalue weighted by atomic mass is 35.5. The van der Waals surface area contributed by atoms with Gasteiger partial charge in [-0.15, -0.1) is 0 Å². The second kappa shape index (κ2) is 5.47. The number of nitrogens with one attached hydrogen (secondary N) is 1. The number of carbonyl (C=O) groups is 1. The zero-order chi connectivity index (χ0) is 14.0. The number of carbonyl (C=O) groups excluding carboxylic acids is 1. The number of rotatable bonds is 6. The third kappa shape index (κ3) is 3.67. The maximum Gasteiger partial charge on any atom is 0.169 e. The first kappa shape index (κ1) is 14.3. The van der Waals surface area contributed by atoms with Crippen LogP contribution in [0.3, 0.4) is 0 Å². The van der Waals surface area contributed by atoms with Crippen LogP contribution in [0.25, 0.3) is 0 Å². The van der Waals surface area contributed by atoms with Crippen LogP contribution in [0.2, 0.25) is 5.15 Å². The maximum absolute atomic E-state index is 12.2. The molecule has 2 N–H and O–H groups in total. The largest absolute Gasteiger partial charge is 0.396 e. The van der Waals surface area contributed by atoms with E-state index in [1.54, 1.807) is 6.07 Å². The minimum Gasteiger partial charge on any atom is -0.396 e. The molecule has 0 bridgehead atoms. The Labute approximate surface area is 118 Å². The lowest BCUT2D eigenvalue weighted by Crippen LogP contribution is -2.27. The number of aliphatic hydroxyl groups is 1. The van der Waals surface area contributed by atoms with Crippen molar-refractivity contribution >= 4 is 23.1 Å². The van der Waals surface area contributed by atoms with Crippen molar-refractivity contribution in [2.75, 3.05) is 18.5 Å². The van der Waals surface area contributed by atoms with E-state index in [9.17, 15) is 9.90 Å². The van der Waals surface area contributed by atoms with E-state index < -0.39 is 0 Å². The van der Waals surface area contributed by atoms with Gasteiger partial charge < -0.3 is 10.4 Å². The summed E-state index contributed by atoms with van der Waals surface area (Å²) in [5, 5.41) is 12.8. The molecule has 1 saturated carbocycles. The molecule has 0 unspecified atom stereocenters. The smallest absolute Gasteiger partial charge is 0.169 e. The molecule has 1 fully saturated rings. The van der Waals surface area contributed by atoms with Crippen LogP contribution in [0.1, 0.15) is 37.0 Å². The molecule has 1 aliphatic rings. The highest BCUT2D eigenvalue weighted by Gasteiger charge is 2.32. The maximum atomic E-state index is 12.2.